The molecular weight excluding hydrogens is 306 g/mol. The predicted molar refractivity (Wildman–Crippen MR) is 91.4 cm³/mol. The molecule has 0 spiro atoms. The fourth-order valence-corrected chi connectivity index (χ4v) is 3.26. The first-order valence-corrected chi connectivity index (χ1v) is 8.14. The van der Waals surface area contributed by atoms with E-state index in [1.165, 1.54) is 6.92 Å². The van der Waals surface area contributed by atoms with Crippen molar-refractivity contribution in [2.75, 3.05) is 7.11 Å². The van der Waals surface area contributed by atoms with E-state index in [-0.39, 0.29) is 35.2 Å². The van der Waals surface area contributed by atoms with Gasteiger partial charge < -0.3 is 10.1 Å². The van der Waals surface area contributed by atoms with Crippen molar-refractivity contribution in [3.05, 3.63) is 29.3 Å². The van der Waals surface area contributed by atoms with Crippen LogP contribution in [0, 0.1) is 5.41 Å². The average Bonchev–Trinajstić information content (AvgIpc) is 2.79. The smallest absolute Gasteiger partial charge is 0.221 e. The lowest BCUT2D eigenvalue weighted by Crippen LogP contribution is -2.48. The second-order valence-corrected chi connectivity index (χ2v) is 7.46. The minimum atomic E-state index is -0.535. The number of ether oxygens (including phenoxy) is 1. The van der Waals surface area contributed by atoms with E-state index in [9.17, 15) is 14.4 Å². The van der Waals surface area contributed by atoms with E-state index in [2.05, 4.69) is 5.32 Å². The molecule has 2 atom stereocenters. The number of fused-ring (bicyclic) bond motifs is 1. The summed E-state index contributed by atoms with van der Waals surface area (Å²) in [5.41, 5.74) is 1.16. The highest BCUT2D eigenvalue weighted by molar-refractivity contribution is 6.02. The highest BCUT2D eigenvalue weighted by Gasteiger charge is 2.34. The van der Waals surface area contributed by atoms with E-state index >= 15 is 0 Å². The van der Waals surface area contributed by atoms with Crippen molar-refractivity contribution in [2.45, 2.75) is 52.5 Å². The molecule has 1 aliphatic rings. The lowest BCUT2D eigenvalue weighted by atomic mass is 9.84. The molecule has 5 heteroatoms. The van der Waals surface area contributed by atoms with Gasteiger partial charge in [0.05, 0.1) is 13.2 Å². The summed E-state index contributed by atoms with van der Waals surface area (Å²) in [7, 11) is 1.57. The molecule has 0 aromatic heterocycles. The van der Waals surface area contributed by atoms with Crippen LogP contribution in [-0.2, 0) is 9.59 Å². The van der Waals surface area contributed by atoms with Gasteiger partial charge in [0.15, 0.2) is 11.6 Å². The Kier molecular flexibility index (Phi) is 5.11. The molecule has 130 valence electrons. The van der Waals surface area contributed by atoms with Gasteiger partial charge in [-0.2, -0.15) is 0 Å². The van der Waals surface area contributed by atoms with E-state index in [1.54, 1.807) is 19.2 Å². The number of methoxy groups -OCH3 is 1. The molecule has 5 nitrogen and oxygen atoms in total. The van der Waals surface area contributed by atoms with E-state index in [0.717, 1.165) is 5.56 Å². The van der Waals surface area contributed by atoms with Crippen LogP contribution in [0.5, 0.6) is 5.75 Å². The van der Waals surface area contributed by atoms with Crippen molar-refractivity contribution >= 4 is 17.5 Å². The third kappa shape index (κ3) is 3.83. The van der Waals surface area contributed by atoms with Gasteiger partial charge in [-0.15, -0.1) is 0 Å². The second kappa shape index (κ2) is 6.75. The molecule has 0 saturated carbocycles. The number of hydrogen-bond donors (Lipinski definition) is 1. The molecular formula is C19H25NO4. The molecule has 1 aliphatic carbocycles. The minimum Gasteiger partial charge on any atom is -0.497 e. The van der Waals surface area contributed by atoms with Crippen LogP contribution in [0.15, 0.2) is 18.2 Å². The normalized spacial score (nSPS) is 18.0. The number of carbonyl (C=O) groups is 3. The Morgan fingerprint density at radius 3 is 2.54 bits per heavy atom. The Hall–Kier alpha value is -2.17. The first-order valence-electron chi connectivity index (χ1n) is 8.14. The van der Waals surface area contributed by atoms with Gasteiger partial charge in [-0.25, -0.2) is 0 Å². The zero-order chi connectivity index (χ0) is 18.1. The van der Waals surface area contributed by atoms with Gasteiger partial charge in [0, 0.05) is 24.3 Å². The number of amides is 1. The summed E-state index contributed by atoms with van der Waals surface area (Å²) in [5, 5.41) is 2.83. The third-order valence-electron chi connectivity index (χ3n) is 4.44. The summed E-state index contributed by atoms with van der Waals surface area (Å²) < 4.78 is 5.21. The highest BCUT2D eigenvalue weighted by Crippen LogP contribution is 2.37. The number of rotatable bonds is 5. The first-order chi connectivity index (χ1) is 11.1. The lowest BCUT2D eigenvalue weighted by molar-refractivity contribution is -0.129. The summed E-state index contributed by atoms with van der Waals surface area (Å²) in [4.78, 5) is 36.4. The molecule has 24 heavy (non-hydrogen) atoms. The summed E-state index contributed by atoms with van der Waals surface area (Å²) in [6.07, 6.45) is 0.502. The van der Waals surface area contributed by atoms with Crippen molar-refractivity contribution in [3.8, 4) is 5.75 Å². The fraction of sp³-hybridized carbons (Fsp3) is 0.526. The second-order valence-electron chi connectivity index (χ2n) is 7.46. The topological polar surface area (TPSA) is 72.5 Å². The number of benzene rings is 1. The molecule has 0 saturated heterocycles. The zero-order valence-electron chi connectivity index (χ0n) is 14.9. The molecule has 0 bridgehead atoms. The number of hydrogen-bond acceptors (Lipinski definition) is 4. The van der Waals surface area contributed by atoms with Crippen LogP contribution in [0.2, 0.25) is 0 Å². The van der Waals surface area contributed by atoms with Gasteiger partial charge in [0.25, 0.3) is 0 Å². The molecule has 0 radical (unpaired) electrons. The van der Waals surface area contributed by atoms with Crippen molar-refractivity contribution in [1.82, 2.24) is 5.32 Å². The number of ketones is 2. The molecule has 1 aromatic rings. The van der Waals surface area contributed by atoms with Crippen LogP contribution >= 0.6 is 0 Å². The van der Waals surface area contributed by atoms with E-state index in [0.29, 0.717) is 17.7 Å². The molecule has 0 aliphatic heterocycles. The van der Waals surface area contributed by atoms with Gasteiger partial charge >= 0.3 is 0 Å². The Balaban J connectivity index is 2.14. The third-order valence-corrected chi connectivity index (χ3v) is 4.44. The first kappa shape index (κ1) is 18.2. The van der Waals surface area contributed by atoms with Gasteiger partial charge in [-0.3, -0.25) is 14.4 Å². The monoisotopic (exact) mass is 331 g/mol. The minimum absolute atomic E-state index is 0.0457. The fourth-order valence-electron chi connectivity index (χ4n) is 3.26. The Morgan fingerprint density at radius 2 is 2.00 bits per heavy atom. The SMILES string of the molecule is COc1ccc2c(c1)C(CC(=O)NC(C(C)=O)C(C)(C)C)CC2=O. The number of Topliss-reactive ketones (excluding diaryl/α,β-unsaturated/α-hetero) is 2. The standard InChI is InChI=1S/C19H25NO4/c1-11(21)18(19(2,3)4)20-17(23)9-12-8-16(22)14-7-6-13(24-5)10-15(12)14/h6-7,10,12,18H,8-9H2,1-5H3,(H,20,23). The molecule has 1 N–H and O–H groups in total. The van der Waals surface area contributed by atoms with Crippen molar-refractivity contribution in [2.24, 2.45) is 5.41 Å². The summed E-state index contributed by atoms with van der Waals surface area (Å²) in [6, 6.07) is 4.79. The predicted octanol–water partition coefficient (Wildman–Crippen LogP) is 2.88. The Bertz CT molecular complexity index is 672. The van der Waals surface area contributed by atoms with Crippen molar-refractivity contribution in [1.29, 1.82) is 0 Å². The molecule has 0 fully saturated rings. The molecule has 2 rings (SSSR count). The molecule has 2 unspecified atom stereocenters. The number of nitrogens with one attached hydrogen (secondary N) is 1. The summed E-state index contributed by atoms with van der Waals surface area (Å²) in [6.45, 7) is 7.23. The average molecular weight is 331 g/mol. The van der Waals surface area contributed by atoms with Gasteiger partial charge in [0.2, 0.25) is 5.91 Å². The van der Waals surface area contributed by atoms with E-state index in [4.69, 9.17) is 4.74 Å². The van der Waals surface area contributed by atoms with E-state index in [1.807, 2.05) is 26.8 Å². The van der Waals surface area contributed by atoms with Gasteiger partial charge in [0.1, 0.15) is 5.75 Å². The van der Waals surface area contributed by atoms with Crippen LogP contribution in [0.4, 0.5) is 0 Å². The maximum absolute atomic E-state index is 12.4. The van der Waals surface area contributed by atoms with Crippen LogP contribution in [0.25, 0.3) is 0 Å². The van der Waals surface area contributed by atoms with Gasteiger partial charge in [-0.05, 0) is 36.1 Å². The van der Waals surface area contributed by atoms with Crippen LogP contribution in [-0.4, -0.2) is 30.6 Å². The zero-order valence-corrected chi connectivity index (χ0v) is 14.9. The number of carbonyl (C=O) groups excluding carboxylic acids is 3. The molecule has 1 amide bonds. The van der Waals surface area contributed by atoms with Crippen LogP contribution < -0.4 is 10.1 Å². The van der Waals surface area contributed by atoms with Crippen LogP contribution in [0.1, 0.15) is 62.4 Å². The van der Waals surface area contributed by atoms with Gasteiger partial charge in [-0.1, -0.05) is 20.8 Å². The highest BCUT2D eigenvalue weighted by atomic mass is 16.5. The maximum atomic E-state index is 12.4. The molecule has 0 heterocycles. The Morgan fingerprint density at radius 1 is 1.33 bits per heavy atom. The van der Waals surface area contributed by atoms with Crippen molar-refractivity contribution < 1.29 is 19.1 Å². The summed E-state index contributed by atoms with van der Waals surface area (Å²) in [5.74, 6) is 0.267. The lowest BCUT2D eigenvalue weighted by Gasteiger charge is -2.29. The Labute approximate surface area is 142 Å². The van der Waals surface area contributed by atoms with Crippen molar-refractivity contribution in [3.63, 3.8) is 0 Å². The quantitative estimate of drug-likeness (QED) is 0.900. The molecule has 1 aromatic carbocycles. The summed E-state index contributed by atoms with van der Waals surface area (Å²) >= 11 is 0. The maximum Gasteiger partial charge on any atom is 0.221 e. The van der Waals surface area contributed by atoms with E-state index < -0.39 is 6.04 Å². The van der Waals surface area contributed by atoms with Crippen LogP contribution in [0.3, 0.4) is 0 Å². The largest absolute Gasteiger partial charge is 0.497 e.